The van der Waals surface area contributed by atoms with E-state index in [0.29, 0.717) is 16.0 Å². The fourth-order valence-electron chi connectivity index (χ4n) is 1.15. The minimum absolute atomic E-state index is 0.0332. The van der Waals surface area contributed by atoms with Gasteiger partial charge in [-0.1, -0.05) is 6.07 Å². The number of benzene rings is 1. The highest BCUT2D eigenvalue weighted by Crippen LogP contribution is 2.27. The van der Waals surface area contributed by atoms with Gasteiger partial charge in [-0.05, 0) is 27.6 Å². The summed E-state index contributed by atoms with van der Waals surface area (Å²) in [6, 6.07) is 4.92. The summed E-state index contributed by atoms with van der Waals surface area (Å²) >= 11 is 4.53. The lowest BCUT2D eigenvalue weighted by Gasteiger charge is -2.06. The lowest BCUT2D eigenvalue weighted by molar-refractivity contribution is -0.385. The molecule has 1 rings (SSSR count). The molecule has 0 saturated carbocycles. The Balaban J connectivity index is 2.60. The van der Waals surface area contributed by atoms with E-state index in [1.807, 2.05) is 0 Å². The van der Waals surface area contributed by atoms with Crippen LogP contribution in [0.15, 0.2) is 22.7 Å². The molecule has 7 heteroatoms. The molecule has 5 nitrogen and oxygen atoms in total. The lowest BCUT2D eigenvalue weighted by atomic mass is 10.2. The molecule has 0 spiro atoms. The predicted molar refractivity (Wildman–Crippen MR) is 70.1 cm³/mol. The van der Waals surface area contributed by atoms with Crippen molar-refractivity contribution < 1.29 is 15.1 Å². The number of aliphatic hydroxyl groups is 2. The van der Waals surface area contributed by atoms with Crippen LogP contribution in [0.5, 0.6) is 0 Å². The average Bonchev–Trinajstić information content (AvgIpc) is 2.30. The van der Waals surface area contributed by atoms with Crippen molar-refractivity contribution >= 4 is 33.4 Å². The smallest absolute Gasteiger partial charge is 0.283 e. The molecule has 17 heavy (non-hydrogen) atoms. The van der Waals surface area contributed by atoms with E-state index < -0.39 is 11.0 Å². The van der Waals surface area contributed by atoms with Crippen molar-refractivity contribution in [2.24, 2.45) is 0 Å². The number of hydrogen-bond acceptors (Lipinski definition) is 5. The largest absolute Gasteiger partial charge is 0.394 e. The Morgan fingerprint density at radius 3 is 2.82 bits per heavy atom. The summed E-state index contributed by atoms with van der Waals surface area (Å²) in [6.45, 7) is -0.270. The van der Waals surface area contributed by atoms with Gasteiger partial charge in [-0.15, -0.1) is 0 Å². The van der Waals surface area contributed by atoms with Crippen LogP contribution in [0, 0.1) is 10.1 Å². The van der Waals surface area contributed by atoms with Crippen LogP contribution >= 0.6 is 27.7 Å². The highest BCUT2D eigenvalue weighted by Gasteiger charge is 2.12. The predicted octanol–water partition coefficient (Wildman–Crippen LogP) is 1.94. The molecule has 94 valence electrons. The first-order chi connectivity index (χ1) is 8.04. The first-order valence-electron chi connectivity index (χ1n) is 4.84. The van der Waals surface area contributed by atoms with Gasteiger partial charge in [-0.3, -0.25) is 10.1 Å². The van der Waals surface area contributed by atoms with Crippen LogP contribution in [0.2, 0.25) is 0 Å². The van der Waals surface area contributed by atoms with Gasteiger partial charge in [0.1, 0.15) is 0 Å². The van der Waals surface area contributed by atoms with E-state index in [0.717, 1.165) is 5.56 Å². The zero-order valence-corrected chi connectivity index (χ0v) is 11.3. The van der Waals surface area contributed by atoms with E-state index in [4.69, 9.17) is 10.2 Å². The molecule has 0 bridgehead atoms. The quantitative estimate of drug-likeness (QED) is 0.618. The van der Waals surface area contributed by atoms with E-state index in [-0.39, 0.29) is 12.3 Å². The third kappa shape index (κ3) is 4.63. The van der Waals surface area contributed by atoms with Crippen molar-refractivity contribution in [2.45, 2.75) is 11.9 Å². The zero-order valence-electron chi connectivity index (χ0n) is 8.88. The molecule has 0 aliphatic rings. The molecule has 1 aromatic rings. The van der Waals surface area contributed by atoms with E-state index in [1.165, 1.54) is 17.8 Å². The molecule has 0 fully saturated rings. The highest BCUT2D eigenvalue weighted by atomic mass is 79.9. The van der Waals surface area contributed by atoms with E-state index >= 15 is 0 Å². The molecule has 2 N–H and O–H groups in total. The fraction of sp³-hybridized carbons (Fsp3) is 0.400. The molecule has 0 saturated heterocycles. The lowest BCUT2D eigenvalue weighted by Crippen LogP contribution is -2.14. The summed E-state index contributed by atoms with van der Waals surface area (Å²) in [6.07, 6.45) is -0.745. The van der Waals surface area contributed by atoms with Gasteiger partial charge < -0.3 is 10.2 Å². The van der Waals surface area contributed by atoms with Crippen LogP contribution in [0.1, 0.15) is 5.56 Å². The fourth-order valence-corrected chi connectivity index (χ4v) is 2.46. The summed E-state index contributed by atoms with van der Waals surface area (Å²) in [5.74, 6) is 0.964. The third-order valence-electron chi connectivity index (χ3n) is 2.00. The molecule has 1 unspecified atom stereocenters. The standard InChI is InChI=1S/C10H12BrNO4S/c11-9-2-1-7(3-10(9)12(15)16)5-17-6-8(14)4-13/h1-3,8,13-14H,4-6H2. The molecule has 0 aliphatic heterocycles. The van der Waals surface area contributed by atoms with Crippen molar-refractivity contribution in [3.8, 4) is 0 Å². The second kappa shape index (κ2) is 6.95. The second-order valence-corrected chi connectivity index (χ2v) is 5.28. The topological polar surface area (TPSA) is 83.6 Å². The van der Waals surface area contributed by atoms with Crippen LogP contribution in [0.3, 0.4) is 0 Å². The normalized spacial score (nSPS) is 12.4. The molecule has 0 heterocycles. The number of nitro benzene ring substituents is 1. The van der Waals surface area contributed by atoms with Gasteiger partial charge in [0.25, 0.3) is 5.69 Å². The van der Waals surface area contributed by atoms with Gasteiger partial charge in [0.2, 0.25) is 0 Å². The SMILES string of the molecule is O=[N+]([O-])c1cc(CSCC(O)CO)ccc1Br. The summed E-state index contributed by atoms with van der Waals surface area (Å²) in [4.78, 5) is 10.3. The van der Waals surface area contributed by atoms with Crippen LogP contribution in [-0.2, 0) is 5.75 Å². The molecule has 1 aromatic carbocycles. The van der Waals surface area contributed by atoms with Crippen molar-refractivity contribution in [3.05, 3.63) is 38.3 Å². The van der Waals surface area contributed by atoms with Crippen molar-refractivity contribution in [1.82, 2.24) is 0 Å². The molecule has 0 amide bonds. The van der Waals surface area contributed by atoms with Crippen LogP contribution in [-0.4, -0.2) is 33.6 Å². The number of aliphatic hydroxyl groups excluding tert-OH is 2. The summed E-state index contributed by atoms with van der Waals surface area (Å²) in [7, 11) is 0. The van der Waals surface area contributed by atoms with Crippen molar-refractivity contribution in [1.29, 1.82) is 0 Å². The zero-order chi connectivity index (χ0) is 12.8. The minimum Gasteiger partial charge on any atom is -0.394 e. The number of thioether (sulfide) groups is 1. The van der Waals surface area contributed by atoms with E-state index in [2.05, 4.69) is 15.9 Å². The third-order valence-corrected chi connectivity index (χ3v) is 3.83. The minimum atomic E-state index is -0.745. The Morgan fingerprint density at radius 1 is 1.53 bits per heavy atom. The van der Waals surface area contributed by atoms with Crippen molar-refractivity contribution in [3.63, 3.8) is 0 Å². The maximum Gasteiger partial charge on any atom is 0.283 e. The monoisotopic (exact) mass is 321 g/mol. The van der Waals surface area contributed by atoms with Gasteiger partial charge in [-0.25, -0.2) is 0 Å². The maximum absolute atomic E-state index is 10.7. The van der Waals surface area contributed by atoms with E-state index in [9.17, 15) is 10.1 Å². The number of rotatable bonds is 6. The number of nitro groups is 1. The van der Waals surface area contributed by atoms with Gasteiger partial charge in [-0.2, -0.15) is 11.8 Å². The number of nitrogens with zero attached hydrogens (tertiary/aromatic N) is 1. The Bertz CT molecular complexity index is 402. The number of hydrogen-bond donors (Lipinski definition) is 2. The molecule has 0 radical (unpaired) electrons. The first-order valence-corrected chi connectivity index (χ1v) is 6.79. The molecular weight excluding hydrogens is 310 g/mol. The van der Waals surface area contributed by atoms with Crippen molar-refractivity contribution in [2.75, 3.05) is 12.4 Å². The average molecular weight is 322 g/mol. The molecule has 0 aromatic heterocycles. The summed E-state index contributed by atoms with van der Waals surface area (Å²) in [5, 5.41) is 28.5. The summed E-state index contributed by atoms with van der Waals surface area (Å²) in [5.41, 5.74) is 0.848. The Labute approximate surface area is 111 Å². The second-order valence-electron chi connectivity index (χ2n) is 3.39. The highest BCUT2D eigenvalue weighted by molar-refractivity contribution is 9.10. The molecule has 0 aliphatic carbocycles. The van der Waals surface area contributed by atoms with Crippen LogP contribution in [0.25, 0.3) is 0 Å². The van der Waals surface area contributed by atoms with Crippen LogP contribution < -0.4 is 0 Å². The number of halogens is 1. The Kier molecular flexibility index (Phi) is 5.90. The van der Waals surface area contributed by atoms with Crippen LogP contribution in [0.4, 0.5) is 5.69 Å². The maximum atomic E-state index is 10.7. The Hall–Kier alpha value is -0.630. The first kappa shape index (κ1) is 14.4. The van der Waals surface area contributed by atoms with Gasteiger partial charge in [0.15, 0.2) is 0 Å². The Morgan fingerprint density at radius 2 is 2.24 bits per heavy atom. The van der Waals surface area contributed by atoms with Gasteiger partial charge in [0, 0.05) is 17.6 Å². The van der Waals surface area contributed by atoms with E-state index in [1.54, 1.807) is 12.1 Å². The molecule has 1 atom stereocenters. The van der Waals surface area contributed by atoms with Gasteiger partial charge in [0.05, 0.1) is 22.1 Å². The van der Waals surface area contributed by atoms with Gasteiger partial charge >= 0.3 is 0 Å². The molecular formula is C10H12BrNO4S. The summed E-state index contributed by atoms with van der Waals surface area (Å²) < 4.78 is 0.451.